The number of benzene rings is 1. The average Bonchev–Trinajstić information content (AvgIpc) is 2.83. The standard InChI is InChI=1S/C26H34N4O2/c1-19-27-18-22(26(32)29-21-12-6-3-7-13-21)25(28-19)23-14-8-9-17-30(23)24(31)16-15-20-10-4-2-5-11-20/h2,4-5,10-11,18,21,23H,3,6-9,12-17H2,1H3,(H,29,32). The largest absolute Gasteiger partial charge is 0.349 e. The van der Waals surface area contributed by atoms with Crippen molar-refractivity contribution in [3.05, 3.63) is 59.2 Å². The molecular formula is C26H34N4O2. The Hall–Kier alpha value is -2.76. The maximum Gasteiger partial charge on any atom is 0.255 e. The topological polar surface area (TPSA) is 75.2 Å². The van der Waals surface area contributed by atoms with E-state index in [9.17, 15) is 9.59 Å². The van der Waals surface area contributed by atoms with Crippen LogP contribution in [0, 0.1) is 6.92 Å². The molecule has 1 unspecified atom stereocenters. The van der Waals surface area contributed by atoms with Crippen LogP contribution in [0.25, 0.3) is 0 Å². The monoisotopic (exact) mass is 434 g/mol. The molecule has 2 heterocycles. The highest BCUT2D eigenvalue weighted by Crippen LogP contribution is 2.32. The molecule has 1 aromatic heterocycles. The van der Waals surface area contributed by atoms with Gasteiger partial charge in [-0.25, -0.2) is 9.97 Å². The van der Waals surface area contributed by atoms with Crippen molar-refractivity contribution in [2.45, 2.75) is 83.2 Å². The van der Waals surface area contributed by atoms with E-state index in [4.69, 9.17) is 4.98 Å². The Morgan fingerprint density at radius 1 is 1.03 bits per heavy atom. The first-order valence-corrected chi connectivity index (χ1v) is 12.1. The molecule has 6 nitrogen and oxygen atoms in total. The molecule has 170 valence electrons. The molecule has 2 fully saturated rings. The van der Waals surface area contributed by atoms with Crippen LogP contribution >= 0.6 is 0 Å². The Labute approximate surface area is 190 Å². The Morgan fingerprint density at radius 3 is 2.56 bits per heavy atom. The minimum atomic E-state index is -0.166. The minimum Gasteiger partial charge on any atom is -0.349 e. The molecule has 1 aromatic carbocycles. The van der Waals surface area contributed by atoms with Crippen molar-refractivity contribution < 1.29 is 9.59 Å². The van der Waals surface area contributed by atoms with Gasteiger partial charge >= 0.3 is 0 Å². The highest BCUT2D eigenvalue weighted by Gasteiger charge is 2.32. The van der Waals surface area contributed by atoms with Crippen molar-refractivity contribution >= 4 is 11.8 Å². The highest BCUT2D eigenvalue weighted by molar-refractivity contribution is 5.95. The van der Waals surface area contributed by atoms with Crippen LogP contribution in [0.3, 0.4) is 0 Å². The SMILES string of the molecule is Cc1ncc(C(=O)NC2CCCCC2)c(C2CCCCN2C(=O)CCc2ccccc2)n1. The molecule has 0 spiro atoms. The van der Waals surface area contributed by atoms with Crippen LogP contribution in [0.4, 0.5) is 0 Å². The van der Waals surface area contributed by atoms with Gasteiger partial charge in [0.2, 0.25) is 5.91 Å². The van der Waals surface area contributed by atoms with Crippen molar-refractivity contribution in [1.82, 2.24) is 20.2 Å². The fourth-order valence-corrected chi connectivity index (χ4v) is 4.98. The Bertz CT molecular complexity index is 925. The van der Waals surface area contributed by atoms with Gasteiger partial charge in [0.1, 0.15) is 5.82 Å². The van der Waals surface area contributed by atoms with Gasteiger partial charge in [-0.05, 0) is 51.0 Å². The number of hydrogen-bond donors (Lipinski definition) is 1. The van der Waals surface area contributed by atoms with E-state index in [-0.39, 0.29) is 23.9 Å². The van der Waals surface area contributed by atoms with Crippen LogP contribution in [0.1, 0.15) is 91.3 Å². The van der Waals surface area contributed by atoms with Gasteiger partial charge in [-0.2, -0.15) is 0 Å². The van der Waals surface area contributed by atoms with Crippen molar-refractivity contribution in [2.75, 3.05) is 6.54 Å². The van der Waals surface area contributed by atoms with Crippen LogP contribution in [-0.4, -0.2) is 39.3 Å². The molecule has 1 atom stereocenters. The van der Waals surface area contributed by atoms with E-state index in [1.165, 1.54) is 12.0 Å². The number of nitrogens with zero attached hydrogens (tertiary/aromatic N) is 3. The van der Waals surface area contributed by atoms with Crippen LogP contribution < -0.4 is 5.32 Å². The van der Waals surface area contributed by atoms with Crippen LogP contribution in [0.15, 0.2) is 36.5 Å². The third-order valence-electron chi connectivity index (χ3n) is 6.73. The lowest BCUT2D eigenvalue weighted by molar-refractivity contribution is -0.135. The summed E-state index contributed by atoms with van der Waals surface area (Å²) in [6.07, 6.45) is 11.3. The molecular weight excluding hydrogens is 400 g/mol. The molecule has 32 heavy (non-hydrogen) atoms. The smallest absolute Gasteiger partial charge is 0.255 e. The van der Waals surface area contributed by atoms with E-state index < -0.39 is 0 Å². The maximum absolute atomic E-state index is 13.2. The Kier molecular flexibility index (Phi) is 7.51. The fourth-order valence-electron chi connectivity index (χ4n) is 4.98. The van der Waals surface area contributed by atoms with Gasteiger partial charge in [0, 0.05) is 25.2 Å². The zero-order chi connectivity index (χ0) is 22.3. The molecule has 1 aliphatic heterocycles. The molecule has 2 aliphatic rings. The highest BCUT2D eigenvalue weighted by atomic mass is 16.2. The summed E-state index contributed by atoms with van der Waals surface area (Å²) in [6.45, 7) is 2.56. The third kappa shape index (κ3) is 5.53. The quantitative estimate of drug-likeness (QED) is 0.725. The molecule has 1 aliphatic carbocycles. The predicted molar refractivity (Wildman–Crippen MR) is 124 cm³/mol. The van der Waals surface area contributed by atoms with E-state index in [1.807, 2.05) is 30.0 Å². The molecule has 4 rings (SSSR count). The van der Waals surface area contributed by atoms with E-state index in [0.717, 1.165) is 51.4 Å². The summed E-state index contributed by atoms with van der Waals surface area (Å²) in [4.78, 5) is 37.4. The number of aryl methyl sites for hydroxylation is 2. The zero-order valence-electron chi connectivity index (χ0n) is 19.1. The molecule has 1 saturated carbocycles. The second kappa shape index (κ2) is 10.7. The summed E-state index contributed by atoms with van der Waals surface area (Å²) in [5, 5.41) is 3.20. The molecule has 1 N–H and O–H groups in total. The van der Waals surface area contributed by atoms with Crippen molar-refractivity contribution in [1.29, 1.82) is 0 Å². The number of rotatable bonds is 6. The van der Waals surface area contributed by atoms with Gasteiger partial charge in [-0.15, -0.1) is 0 Å². The first-order chi connectivity index (χ1) is 15.6. The van der Waals surface area contributed by atoms with E-state index >= 15 is 0 Å². The molecule has 6 heteroatoms. The number of hydrogen-bond acceptors (Lipinski definition) is 4. The average molecular weight is 435 g/mol. The van der Waals surface area contributed by atoms with Gasteiger partial charge in [0.15, 0.2) is 0 Å². The molecule has 1 saturated heterocycles. The van der Waals surface area contributed by atoms with Gasteiger partial charge in [0.25, 0.3) is 5.91 Å². The third-order valence-corrected chi connectivity index (χ3v) is 6.73. The number of nitrogens with one attached hydrogen (secondary N) is 1. The zero-order valence-corrected chi connectivity index (χ0v) is 19.1. The van der Waals surface area contributed by atoms with Gasteiger partial charge in [0.05, 0.1) is 17.3 Å². The van der Waals surface area contributed by atoms with Gasteiger partial charge in [-0.3, -0.25) is 9.59 Å². The summed E-state index contributed by atoms with van der Waals surface area (Å²) < 4.78 is 0. The van der Waals surface area contributed by atoms with Gasteiger partial charge < -0.3 is 10.2 Å². The number of aromatic nitrogens is 2. The maximum atomic E-state index is 13.2. The van der Waals surface area contributed by atoms with Crippen molar-refractivity contribution in [2.24, 2.45) is 0 Å². The second-order valence-corrected chi connectivity index (χ2v) is 9.11. The van der Waals surface area contributed by atoms with Crippen LogP contribution in [-0.2, 0) is 11.2 Å². The summed E-state index contributed by atoms with van der Waals surface area (Å²) >= 11 is 0. The normalized spacial score (nSPS) is 19.5. The van der Waals surface area contributed by atoms with Gasteiger partial charge in [-0.1, -0.05) is 49.6 Å². The summed E-state index contributed by atoms with van der Waals surface area (Å²) in [7, 11) is 0. The lowest BCUT2D eigenvalue weighted by Crippen LogP contribution is -2.41. The number of carbonyl (C=O) groups is 2. The Balaban J connectivity index is 1.52. The predicted octanol–water partition coefficient (Wildman–Crippen LogP) is 4.53. The number of piperidine rings is 1. The molecule has 0 bridgehead atoms. The van der Waals surface area contributed by atoms with Crippen LogP contribution in [0.5, 0.6) is 0 Å². The number of amides is 2. The summed E-state index contributed by atoms with van der Waals surface area (Å²) in [5.74, 6) is 0.666. The van der Waals surface area contributed by atoms with E-state index in [2.05, 4.69) is 22.4 Å². The fraction of sp³-hybridized carbons (Fsp3) is 0.538. The number of carbonyl (C=O) groups excluding carboxylic acids is 2. The first kappa shape index (κ1) is 22.4. The van der Waals surface area contributed by atoms with E-state index in [1.54, 1.807) is 6.20 Å². The summed E-state index contributed by atoms with van der Waals surface area (Å²) in [5.41, 5.74) is 2.40. The Morgan fingerprint density at radius 2 is 1.78 bits per heavy atom. The molecule has 2 amide bonds. The van der Waals surface area contributed by atoms with Crippen molar-refractivity contribution in [3.8, 4) is 0 Å². The molecule has 0 radical (unpaired) electrons. The number of likely N-dealkylation sites (tertiary alicyclic amines) is 1. The van der Waals surface area contributed by atoms with E-state index in [0.29, 0.717) is 30.0 Å². The summed E-state index contributed by atoms with van der Waals surface area (Å²) in [6, 6.07) is 10.2. The minimum absolute atomic E-state index is 0.103. The molecule has 2 aromatic rings. The van der Waals surface area contributed by atoms with Crippen LogP contribution in [0.2, 0.25) is 0 Å². The first-order valence-electron chi connectivity index (χ1n) is 12.1. The lowest BCUT2D eigenvalue weighted by atomic mass is 9.93. The van der Waals surface area contributed by atoms with Crippen molar-refractivity contribution in [3.63, 3.8) is 0 Å². The second-order valence-electron chi connectivity index (χ2n) is 9.11. The lowest BCUT2D eigenvalue weighted by Gasteiger charge is -2.36.